The van der Waals surface area contributed by atoms with Crippen molar-refractivity contribution in [1.82, 2.24) is 5.27 Å². The Balaban J connectivity index is 2.84. The Morgan fingerprint density at radius 1 is 2.00 bits per heavy atom. The number of aromatic nitrogens is 2. The number of rotatable bonds is 1. The lowest BCUT2D eigenvalue weighted by atomic mass is 10.7. The van der Waals surface area contributed by atoms with E-state index in [1.165, 1.54) is 0 Å². The molecule has 0 spiro atoms. The molecule has 0 aliphatic heterocycles. The summed E-state index contributed by atoms with van der Waals surface area (Å²) in [6, 6.07) is 0. The van der Waals surface area contributed by atoms with Crippen LogP contribution in [0.4, 0.5) is 5.88 Å². The van der Waals surface area contributed by atoms with Crippen molar-refractivity contribution < 1.29 is 9.20 Å². The molecule has 0 unspecified atom stereocenters. The summed E-state index contributed by atoms with van der Waals surface area (Å²) in [6.07, 6.45) is 1.64. The van der Waals surface area contributed by atoms with Crippen LogP contribution in [-0.2, 0) is 6.54 Å². The standard InChI is InChI=1S/C4H8N3O/c1-2-7-3-4(5)8-6-7/h3H,2,5H2,1H3/q+1. The van der Waals surface area contributed by atoms with Crippen LogP contribution in [0.15, 0.2) is 10.7 Å². The molecule has 8 heavy (non-hydrogen) atoms. The smallest absolute Gasteiger partial charge is 0.293 e. The second-order valence-electron chi connectivity index (χ2n) is 1.46. The maximum Gasteiger partial charge on any atom is 0.293 e. The first-order valence-corrected chi connectivity index (χ1v) is 2.45. The van der Waals surface area contributed by atoms with E-state index in [4.69, 9.17) is 5.73 Å². The maximum absolute atomic E-state index is 5.20. The van der Waals surface area contributed by atoms with E-state index in [0.717, 1.165) is 6.54 Å². The number of nitrogens with zero attached hydrogens (tertiary/aromatic N) is 2. The largest absolute Gasteiger partial charge is 0.362 e. The van der Waals surface area contributed by atoms with Crippen molar-refractivity contribution in [2.45, 2.75) is 13.5 Å². The van der Waals surface area contributed by atoms with Crippen LogP contribution in [0.2, 0.25) is 0 Å². The molecule has 1 aromatic heterocycles. The van der Waals surface area contributed by atoms with Gasteiger partial charge in [-0.2, -0.15) is 0 Å². The Labute approximate surface area is 46.9 Å². The third kappa shape index (κ3) is 0.776. The summed E-state index contributed by atoms with van der Waals surface area (Å²) in [5.74, 6) is 0.354. The van der Waals surface area contributed by atoms with Gasteiger partial charge < -0.3 is 5.73 Å². The second-order valence-corrected chi connectivity index (χ2v) is 1.46. The summed E-state index contributed by atoms with van der Waals surface area (Å²) >= 11 is 0. The third-order valence-electron chi connectivity index (χ3n) is 0.851. The van der Waals surface area contributed by atoms with Crippen LogP contribution >= 0.6 is 0 Å². The van der Waals surface area contributed by atoms with Crippen molar-refractivity contribution >= 4 is 5.88 Å². The lowest BCUT2D eigenvalue weighted by molar-refractivity contribution is -0.759. The molecule has 0 aliphatic rings. The number of nitrogen functional groups attached to an aromatic ring is 1. The zero-order chi connectivity index (χ0) is 5.98. The number of aryl methyl sites for hydroxylation is 1. The zero-order valence-corrected chi connectivity index (χ0v) is 4.66. The SMILES string of the molecule is CC[n+]1cc(N)on1. The topological polar surface area (TPSA) is 55.9 Å². The van der Waals surface area contributed by atoms with Crippen LogP contribution in [-0.4, -0.2) is 5.27 Å². The fourth-order valence-electron chi connectivity index (χ4n) is 0.443. The lowest BCUT2D eigenvalue weighted by Gasteiger charge is -1.68. The minimum Gasteiger partial charge on any atom is -0.362 e. The number of nitrogens with two attached hydrogens (primary N) is 1. The van der Waals surface area contributed by atoms with Gasteiger partial charge in [0.1, 0.15) is 0 Å². The van der Waals surface area contributed by atoms with Crippen molar-refractivity contribution in [1.29, 1.82) is 0 Å². The molecule has 2 N–H and O–H groups in total. The minimum absolute atomic E-state index is 0.354. The van der Waals surface area contributed by atoms with Gasteiger partial charge in [-0.25, -0.2) is 0 Å². The molecule has 0 saturated heterocycles. The van der Waals surface area contributed by atoms with Gasteiger partial charge in [0.05, 0.1) is 0 Å². The van der Waals surface area contributed by atoms with Gasteiger partial charge in [0.25, 0.3) is 12.1 Å². The predicted molar refractivity (Wildman–Crippen MR) is 26.8 cm³/mol. The van der Waals surface area contributed by atoms with E-state index in [9.17, 15) is 0 Å². The Kier molecular flexibility index (Phi) is 1.15. The van der Waals surface area contributed by atoms with Crippen LogP contribution in [0.25, 0.3) is 0 Å². The molecule has 0 bridgehead atoms. The molecule has 0 amide bonds. The Morgan fingerprint density at radius 2 is 2.75 bits per heavy atom. The normalized spacial score (nSPS) is 9.62. The summed E-state index contributed by atoms with van der Waals surface area (Å²) in [6.45, 7) is 2.75. The molecule has 1 heterocycles. The molecule has 0 aliphatic carbocycles. The number of anilines is 1. The highest BCUT2D eigenvalue weighted by Crippen LogP contribution is 1.88. The van der Waals surface area contributed by atoms with Gasteiger partial charge in [0.15, 0.2) is 6.54 Å². The molecular formula is C4H8N3O+. The monoisotopic (exact) mass is 114 g/mol. The summed E-state index contributed by atoms with van der Waals surface area (Å²) in [5.41, 5.74) is 5.20. The van der Waals surface area contributed by atoms with E-state index in [0.29, 0.717) is 5.88 Å². The Bertz CT molecular complexity index is 172. The van der Waals surface area contributed by atoms with E-state index in [-0.39, 0.29) is 0 Å². The summed E-state index contributed by atoms with van der Waals surface area (Å²) in [5, 5.41) is 3.55. The van der Waals surface area contributed by atoms with Crippen LogP contribution in [0.3, 0.4) is 0 Å². The van der Waals surface area contributed by atoms with Crippen molar-refractivity contribution in [2.24, 2.45) is 0 Å². The lowest BCUT2D eigenvalue weighted by Crippen LogP contribution is -2.32. The van der Waals surface area contributed by atoms with Gasteiger partial charge in [-0.05, 0) is 6.92 Å². The molecule has 4 nitrogen and oxygen atoms in total. The molecule has 0 aromatic carbocycles. The quantitative estimate of drug-likeness (QED) is 0.504. The number of hydrogen-bond donors (Lipinski definition) is 1. The maximum atomic E-state index is 5.20. The summed E-state index contributed by atoms with van der Waals surface area (Å²) < 4.78 is 6.17. The third-order valence-corrected chi connectivity index (χ3v) is 0.851. The predicted octanol–water partition coefficient (Wildman–Crippen LogP) is -0.436. The first-order chi connectivity index (χ1) is 3.83. The van der Waals surface area contributed by atoms with Crippen molar-refractivity contribution in [2.75, 3.05) is 5.73 Å². The molecule has 0 fully saturated rings. The van der Waals surface area contributed by atoms with Crippen molar-refractivity contribution in [3.8, 4) is 0 Å². The summed E-state index contributed by atoms with van der Waals surface area (Å²) in [7, 11) is 0. The molecule has 4 heteroatoms. The molecule has 44 valence electrons. The van der Waals surface area contributed by atoms with E-state index in [2.05, 4.69) is 9.79 Å². The first kappa shape index (κ1) is 5.08. The molecule has 0 atom stereocenters. The van der Waals surface area contributed by atoms with Gasteiger partial charge in [0.2, 0.25) is 5.27 Å². The van der Waals surface area contributed by atoms with Gasteiger partial charge in [-0.15, -0.1) is 0 Å². The average Bonchev–Trinajstić information content (AvgIpc) is 2.14. The highest BCUT2D eigenvalue weighted by Gasteiger charge is 2.02. The first-order valence-electron chi connectivity index (χ1n) is 2.45. The summed E-state index contributed by atoms with van der Waals surface area (Å²) in [4.78, 5) is 0. The van der Waals surface area contributed by atoms with Crippen molar-refractivity contribution in [3.05, 3.63) is 6.20 Å². The zero-order valence-electron chi connectivity index (χ0n) is 4.66. The Morgan fingerprint density at radius 3 is 3.00 bits per heavy atom. The molecule has 0 radical (unpaired) electrons. The van der Waals surface area contributed by atoms with Gasteiger partial charge in [-0.3, -0.25) is 4.52 Å². The van der Waals surface area contributed by atoms with Crippen LogP contribution in [0, 0.1) is 0 Å². The molecular weight excluding hydrogens is 106 g/mol. The highest BCUT2D eigenvalue weighted by atomic mass is 16.5. The van der Waals surface area contributed by atoms with E-state index >= 15 is 0 Å². The van der Waals surface area contributed by atoms with Crippen molar-refractivity contribution in [3.63, 3.8) is 0 Å². The minimum atomic E-state index is 0.354. The van der Waals surface area contributed by atoms with Crippen LogP contribution < -0.4 is 10.4 Å². The number of hydrogen-bond acceptors (Lipinski definition) is 3. The van der Waals surface area contributed by atoms with Crippen LogP contribution in [0.1, 0.15) is 6.92 Å². The molecule has 0 saturated carbocycles. The average molecular weight is 114 g/mol. The fraction of sp³-hybridized carbons (Fsp3) is 0.500. The van der Waals surface area contributed by atoms with E-state index in [1.807, 2.05) is 6.92 Å². The molecule has 1 aromatic rings. The van der Waals surface area contributed by atoms with Crippen LogP contribution in [0.5, 0.6) is 0 Å². The Hall–Kier alpha value is -1.06. The second kappa shape index (κ2) is 1.81. The molecule has 1 rings (SSSR count). The van der Waals surface area contributed by atoms with E-state index in [1.54, 1.807) is 10.9 Å². The van der Waals surface area contributed by atoms with E-state index < -0.39 is 0 Å². The fourth-order valence-corrected chi connectivity index (χ4v) is 0.443. The van der Waals surface area contributed by atoms with Gasteiger partial charge in [0, 0.05) is 0 Å². The highest BCUT2D eigenvalue weighted by molar-refractivity contribution is 5.11. The van der Waals surface area contributed by atoms with Gasteiger partial charge in [-0.1, -0.05) is 4.68 Å². The van der Waals surface area contributed by atoms with Gasteiger partial charge >= 0.3 is 0 Å².